The van der Waals surface area contributed by atoms with Crippen LogP contribution in [0, 0.1) is 17.8 Å². The molecule has 70 valence electrons. The molecule has 0 amide bonds. The van der Waals surface area contributed by atoms with Crippen molar-refractivity contribution in [2.75, 3.05) is 13.2 Å². The van der Waals surface area contributed by atoms with Gasteiger partial charge in [0.2, 0.25) is 0 Å². The molecule has 1 saturated carbocycles. The number of hydrogen-bond donors (Lipinski definition) is 0. The Morgan fingerprint density at radius 3 is 2.77 bits per heavy atom. The van der Waals surface area contributed by atoms with Crippen LogP contribution < -0.4 is 0 Å². The van der Waals surface area contributed by atoms with Crippen LogP contribution in [0.5, 0.6) is 0 Å². The van der Waals surface area contributed by atoms with Crippen LogP contribution in [0.1, 0.15) is 19.3 Å². The SMILES string of the molecule is O=C(C1=CCCC1)C1C2COCC21. The second-order valence-electron chi connectivity index (χ2n) is 4.38. The zero-order valence-corrected chi connectivity index (χ0v) is 7.66. The lowest BCUT2D eigenvalue weighted by Crippen LogP contribution is -2.10. The van der Waals surface area contributed by atoms with Crippen LogP contribution in [-0.2, 0) is 9.53 Å². The van der Waals surface area contributed by atoms with Gasteiger partial charge in [0.1, 0.15) is 0 Å². The van der Waals surface area contributed by atoms with Gasteiger partial charge in [-0.3, -0.25) is 4.79 Å². The normalized spacial score (nSPS) is 41.5. The van der Waals surface area contributed by atoms with E-state index in [9.17, 15) is 4.79 Å². The predicted molar refractivity (Wildman–Crippen MR) is 48.2 cm³/mol. The van der Waals surface area contributed by atoms with E-state index in [0.717, 1.165) is 31.6 Å². The van der Waals surface area contributed by atoms with E-state index in [4.69, 9.17) is 4.74 Å². The first-order chi connectivity index (χ1) is 6.38. The third kappa shape index (κ3) is 1.08. The first kappa shape index (κ1) is 7.74. The number of fused-ring (bicyclic) bond motifs is 1. The van der Waals surface area contributed by atoms with E-state index < -0.39 is 0 Å². The average molecular weight is 178 g/mol. The maximum Gasteiger partial charge on any atom is 0.162 e. The summed E-state index contributed by atoms with van der Waals surface area (Å²) in [7, 11) is 0. The number of carbonyl (C=O) groups is 1. The van der Waals surface area contributed by atoms with Gasteiger partial charge < -0.3 is 4.74 Å². The molecule has 2 aliphatic carbocycles. The topological polar surface area (TPSA) is 26.3 Å². The molecule has 3 rings (SSSR count). The van der Waals surface area contributed by atoms with Gasteiger partial charge in [-0.05, 0) is 36.7 Å². The van der Waals surface area contributed by atoms with Gasteiger partial charge >= 0.3 is 0 Å². The Kier molecular flexibility index (Phi) is 1.59. The fourth-order valence-electron chi connectivity index (χ4n) is 2.74. The summed E-state index contributed by atoms with van der Waals surface area (Å²) in [6, 6.07) is 0. The van der Waals surface area contributed by atoms with Crippen molar-refractivity contribution in [3.8, 4) is 0 Å². The molecule has 1 saturated heterocycles. The molecule has 0 spiro atoms. The van der Waals surface area contributed by atoms with Gasteiger partial charge in [-0.15, -0.1) is 0 Å². The summed E-state index contributed by atoms with van der Waals surface area (Å²) >= 11 is 0. The highest BCUT2D eigenvalue weighted by atomic mass is 16.5. The molecule has 2 heteroatoms. The average Bonchev–Trinajstić information content (AvgIpc) is 2.68. The minimum Gasteiger partial charge on any atom is -0.381 e. The Labute approximate surface area is 78.0 Å². The minimum absolute atomic E-state index is 0.345. The van der Waals surface area contributed by atoms with Gasteiger partial charge in [0.05, 0.1) is 13.2 Å². The maximum absolute atomic E-state index is 11.9. The molecule has 0 aromatic carbocycles. The summed E-state index contributed by atoms with van der Waals surface area (Å²) in [6.45, 7) is 1.66. The van der Waals surface area contributed by atoms with Gasteiger partial charge in [-0.1, -0.05) is 6.08 Å². The second kappa shape index (κ2) is 2.68. The molecule has 0 aromatic heterocycles. The largest absolute Gasteiger partial charge is 0.381 e. The molecule has 0 N–H and O–H groups in total. The standard InChI is InChI=1S/C11H14O2/c12-11(7-3-1-2-4-7)10-8-5-13-6-9(8)10/h3,8-10H,1-2,4-6H2. The lowest BCUT2D eigenvalue weighted by atomic mass is 10.0. The molecular weight excluding hydrogens is 164 g/mol. The molecule has 0 aromatic rings. The van der Waals surface area contributed by atoms with Crippen LogP contribution in [0.15, 0.2) is 11.6 Å². The zero-order valence-electron chi connectivity index (χ0n) is 7.66. The second-order valence-corrected chi connectivity index (χ2v) is 4.38. The third-order valence-corrected chi connectivity index (χ3v) is 3.61. The number of Topliss-reactive ketones (excluding diaryl/α,β-unsaturated/α-hetero) is 1. The van der Waals surface area contributed by atoms with Crippen molar-refractivity contribution < 1.29 is 9.53 Å². The highest BCUT2D eigenvalue weighted by molar-refractivity contribution is 5.99. The fraction of sp³-hybridized carbons (Fsp3) is 0.727. The Morgan fingerprint density at radius 2 is 2.15 bits per heavy atom. The van der Waals surface area contributed by atoms with E-state index in [1.165, 1.54) is 6.42 Å². The molecule has 1 heterocycles. The first-order valence-electron chi connectivity index (χ1n) is 5.19. The number of rotatable bonds is 2. The van der Waals surface area contributed by atoms with E-state index in [0.29, 0.717) is 23.5 Å². The molecule has 13 heavy (non-hydrogen) atoms. The minimum atomic E-state index is 0.345. The van der Waals surface area contributed by atoms with Gasteiger partial charge in [0.15, 0.2) is 5.78 Å². The zero-order chi connectivity index (χ0) is 8.84. The van der Waals surface area contributed by atoms with Gasteiger partial charge in [-0.25, -0.2) is 0 Å². The molecule has 2 nitrogen and oxygen atoms in total. The molecule has 2 unspecified atom stereocenters. The molecule has 3 aliphatic rings. The number of allylic oxidation sites excluding steroid dienone is 2. The Balaban J connectivity index is 1.70. The summed E-state index contributed by atoms with van der Waals surface area (Å²) in [5.41, 5.74) is 1.11. The van der Waals surface area contributed by atoms with Crippen molar-refractivity contribution in [3.05, 3.63) is 11.6 Å². The van der Waals surface area contributed by atoms with Crippen molar-refractivity contribution in [1.82, 2.24) is 0 Å². The van der Waals surface area contributed by atoms with E-state index in [-0.39, 0.29) is 0 Å². The van der Waals surface area contributed by atoms with E-state index in [2.05, 4.69) is 6.08 Å². The van der Waals surface area contributed by atoms with Gasteiger partial charge in [0, 0.05) is 5.92 Å². The molecule has 1 aliphatic heterocycles. The smallest absolute Gasteiger partial charge is 0.162 e. The Bertz CT molecular complexity index is 270. The monoisotopic (exact) mass is 178 g/mol. The molecule has 0 radical (unpaired) electrons. The van der Waals surface area contributed by atoms with Crippen molar-refractivity contribution in [1.29, 1.82) is 0 Å². The van der Waals surface area contributed by atoms with E-state index >= 15 is 0 Å². The van der Waals surface area contributed by atoms with Gasteiger partial charge in [-0.2, -0.15) is 0 Å². The maximum atomic E-state index is 11.9. The van der Waals surface area contributed by atoms with Crippen molar-refractivity contribution in [3.63, 3.8) is 0 Å². The number of hydrogen-bond acceptors (Lipinski definition) is 2. The summed E-state index contributed by atoms with van der Waals surface area (Å²) in [5, 5.41) is 0. The summed E-state index contributed by atoms with van der Waals surface area (Å²) in [4.78, 5) is 11.9. The third-order valence-electron chi connectivity index (χ3n) is 3.61. The highest BCUT2D eigenvalue weighted by Crippen LogP contribution is 2.52. The van der Waals surface area contributed by atoms with E-state index in [1.807, 2.05) is 0 Å². The van der Waals surface area contributed by atoms with Crippen molar-refractivity contribution in [2.24, 2.45) is 17.8 Å². The molecule has 2 fully saturated rings. The van der Waals surface area contributed by atoms with Crippen molar-refractivity contribution in [2.45, 2.75) is 19.3 Å². The number of ketones is 1. The van der Waals surface area contributed by atoms with Gasteiger partial charge in [0.25, 0.3) is 0 Å². The lowest BCUT2D eigenvalue weighted by molar-refractivity contribution is -0.118. The summed E-state index contributed by atoms with van der Waals surface area (Å²) in [5.74, 6) is 1.94. The first-order valence-corrected chi connectivity index (χ1v) is 5.19. The highest BCUT2D eigenvalue weighted by Gasteiger charge is 2.57. The summed E-state index contributed by atoms with van der Waals surface area (Å²) in [6.07, 6.45) is 5.45. The fourth-order valence-corrected chi connectivity index (χ4v) is 2.74. The lowest BCUT2D eigenvalue weighted by Gasteiger charge is -2.03. The Morgan fingerprint density at radius 1 is 1.38 bits per heavy atom. The quantitative estimate of drug-likeness (QED) is 0.641. The molecular formula is C11H14O2. The van der Waals surface area contributed by atoms with E-state index in [1.54, 1.807) is 0 Å². The predicted octanol–water partition coefficient (Wildman–Crippen LogP) is 1.56. The van der Waals surface area contributed by atoms with Crippen LogP contribution in [0.3, 0.4) is 0 Å². The molecule has 0 bridgehead atoms. The Hall–Kier alpha value is -0.630. The van der Waals surface area contributed by atoms with Crippen LogP contribution >= 0.6 is 0 Å². The number of ether oxygens (including phenoxy) is 1. The van der Waals surface area contributed by atoms with Crippen LogP contribution in [0.4, 0.5) is 0 Å². The van der Waals surface area contributed by atoms with Crippen molar-refractivity contribution >= 4 is 5.78 Å². The number of carbonyl (C=O) groups excluding carboxylic acids is 1. The molecule has 2 atom stereocenters. The summed E-state index contributed by atoms with van der Waals surface area (Å²) < 4.78 is 5.28. The van der Waals surface area contributed by atoms with Crippen LogP contribution in [0.25, 0.3) is 0 Å². The van der Waals surface area contributed by atoms with Crippen LogP contribution in [0.2, 0.25) is 0 Å². The van der Waals surface area contributed by atoms with Crippen LogP contribution in [-0.4, -0.2) is 19.0 Å².